The van der Waals surface area contributed by atoms with Gasteiger partial charge in [0.1, 0.15) is 9.34 Å². The van der Waals surface area contributed by atoms with Gasteiger partial charge in [0.05, 0.1) is 18.9 Å². The van der Waals surface area contributed by atoms with Crippen LogP contribution < -0.4 is 5.73 Å². The third-order valence-electron chi connectivity index (χ3n) is 1.90. The lowest BCUT2D eigenvalue weighted by Gasteiger charge is -2.03. The topological polar surface area (TPSA) is 56.7 Å². The Morgan fingerprint density at radius 2 is 2.29 bits per heavy atom. The number of nitrogens with two attached hydrogens (primary N) is 1. The zero-order chi connectivity index (χ0) is 10.1. The summed E-state index contributed by atoms with van der Waals surface area (Å²) < 4.78 is 2.59. The van der Waals surface area contributed by atoms with Crippen molar-refractivity contribution in [2.75, 3.05) is 5.73 Å². The van der Waals surface area contributed by atoms with E-state index in [0.29, 0.717) is 16.8 Å². The Bertz CT molecular complexity index is 428. The van der Waals surface area contributed by atoms with Gasteiger partial charge in [0.15, 0.2) is 0 Å². The van der Waals surface area contributed by atoms with Gasteiger partial charge >= 0.3 is 0 Å². The molecule has 6 heteroatoms. The monoisotopic (exact) mass is 228 g/mol. The summed E-state index contributed by atoms with van der Waals surface area (Å²) in [5.41, 5.74) is 6.71. The fraction of sp³-hybridized carbons (Fsp3) is 0.250. The molecule has 0 saturated carbocycles. The van der Waals surface area contributed by atoms with Gasteiger partial charge in [-0.25, -0.2) is 9.97 Å². The van der Waals surface area contributed by atoms with Crippen molar-refractivity contribution in [3.8, 4) is 0 Å². The zero-order valence-corrected chi connectivity index (χ0v) is 9.14. The van der Waals surface area contributed by atoms with Crippen LogP contribution in [-0.2, 0) is 6.54 Å². The molecule has 0 spiro atoms. The molecule has 4 nitrogen and oxygen atoms in total. The Hall–Kier alpha value is -1.07. The molecule has 0 amide bonds. The highest BCUT2D eigenvalue weighted by Gasteiger charge is 2.06. The molecule has 0 aliphatic heterocycles. The summed E-state index contributed by atoms with van der Waals surface area (Å²) in [7, 11) is 0. The van der Waals surface area contributed by atoms with Crippen molar-refractivity contribution >= 4 is 28.9 Å². The molecule has 0 atom stereocenters. The standard InChI is InChI=1S/C8H9ClN4S/c1-5-2-12-8(10)13(5)4-7-11-3-6(9)14-7/h2-3H,4H2,1H3,(H2,10,12). The quantitative estimate of drug-likeness (QED) is 0.855. The Labute approximate surface area is 90.4 Å². The first-order valence-electron chi connectivity index (χ1n) is 4.04. The molecule has 0 radical (unpaired) electrons. The van der Waals surface area contributed by atoms with Crippen LogP contribution in [0.2, 0.25) is 4.34 Å². The SMILES string of the molecule is Cc1cnc(N)n1Cc1ncc(Cl)s1. The van der Waals surface area contributed by atoms with E-state index in [9.17, 15) is 0 Å². The number of thiazole rings is 1. The van der Waals surface area contributed by atoms with Crippen molar-refractivity contribution in [3.63, 3.8) is 0 Å². The lowest BCUT2D eigenvalue weighted by Crippen LogP contribution is -2.05. The number of hydrogen-bond acceptors (Lipinski definition) is 4. The van der Waals surface area contributed by atoms with E-state index in [1.165, 1.54) is 11.3 Å². The number of halogens is 1. The molecular formula is C8H9ClN4S. The normalized spacial score (nSPS) is 10.7. The molecule has 74 valence electrons. The minimum Gasteiger partial charge on any atom is -0.369 e. The molecule has 0 fully saturated rings. The summed E-state index contributed by atoms with van der Waals surface area (Å²) in [6.07, 6.45) is 3.38. The Kier molecular flexibility index (Phi) is 2.43. The fourth-order valence-electron chi connectivity index (χ4n) is 1.18. The van der Waals surface area contributed by atoms with E-state index in [-0.39, 0.29) is 0 Å². The Morgan fingerprint density at radius 1 is 1.50 bits per heavy atom. The predicted octanol–water partition coefficient (Wildman–Crippen LogP) is 1.93. The van der Waals surface area contributed by atoms with E-state index < -0.39 is 0 Å². The predicted molar refractivity (Wildman–Crippen MR) is 57.6 cm³/mol. The molecule has 0 unspecified atom stereocenters. The Balaban J connectivity index is 2.26. The van der Waals surface area contributed by atoms with Gasteiger partial charge in [-0.05, 0) is 6.92 Å². The van der Waals surface area contributed by atoms with Crippen molar-refractivity contribution in [1.82, 2.24) is 14.5 Å². The van der Waals surface area contributed by atoms with Crippen LogP contribution in [0.5, 0.6) is 0 Å². The van der Waals surface area contributed by atoms with Gasteiger partial charge in [0, 0.05) is 5.69 Å². The second kappa shape index (κ2) is 3.59. The first-order chi connectivity index (χ1) is 6.66. The van der Waals surface area contributed by atoms with E-state index in [0.717, 1.165) is 10.7 Å². The van der Waals surface area contributed by atoms with Crippen LogP contribution in [0.15, 0.2) is 12.4 Å². The summed E-state index contributed by atoms with van der Waals surface area (Å²) in [5, 5.41) is 0.933. The number of aryl methyl sites for hydroxylation is 1. The first-order valence-corrected chi connectivity index (χ1v) is 5.24. The maximum Gasteiger partial charge on any atom is 0.200 e. The van der Waals surface area contributed by atoms with Gasteiger partial charge in [-0.2, -0.15) is 0 Å². The highest BCUT2D eigenvalue weighted by atomic mass is 35.5. The van der Waals surface area contributed by atoms with E-state index in [1.807, 2.05) is 11.5 Å². The zero-order valence-electron chi connectivity index (χ0n) is 7.57. The molecule has 2 aromatic heterocycles. The first kappa shape index (κ1) is 9.48. The van der Waals surface area contributed by atoms with Gasteiger partial charge in [-0.15, -0.1) is 11.3 Å². The summed E-state index contributed by atoms with van der Waals surface area (Å²) in [4.78, 5) is 8.16. The van der Waals surface area contributed by atoms with Crippen LogP contribution >= 0.6 is 22.9 Å². The van der Waals surface area contributed by atoms with E-state index >= 15 is 0 Å². The molecule has 2 aromatic rings. The maximum atomic E-state index is 5.78. The number of rotatable bonds is 2. The van der Waals surface area contributed by atoms with Gasteiger partial charge in [-0.3, -0.25) is 0 Å². The number of nitrogen functional groups attached to an aromatic ring is 1. The average Bonchev–Trinajstić information content (AvgIpc) is 2.67. The molecule has 2 N–H and O–H groups in total. The third-order valence-corrected chi connectivity index (χ3v) is 3.00. The maximum absolute atomic E-state index is 5.78. The number of anilines is 1. The molecule has 0 aliphatic rings. The minimum absolute atomic E-state index is 0.508. The molecule has 0 aromatic carbocycles. The highest BCUT2D eigenvalue weighted by molar-refractivity contribution is 7.15. The van der Waals surface area contributed by atoms with Gasteiger partial charge < -0.3 is 10.3 Å². The van der Waals surface area contributed by atoms with Gasteiger partial charge in [-0.1, -0.05) is 11.6 Å². The molecular weight excluding hydrogens is 220 g/mol. The second-order valence-corrected chi connectivity index (χ2v) is 4.65. The summed E-state index contributed by atoms with van der Waals surface area (Å²) in [5.74, 6) is 0.508. The third kappa shape index (κ3) is 1.73. The molecule has 14 heavy (non-hydrogen) atoms. The highest BCUT2D eigenvalue weighted by Crippen LogP contribution is 2.20. The summed E-state index contributed by atoms with van der Waals surface area (Å²) in [6, 6.07) is 0. The van der Waals surface area contributed by atoms with Crippen LogP contribution in [0.25, 0.3) is 0 Å². The van der Waals surface area contributed by atoms with Crippen molar-refractivity contribution in [2.45, 2.75) is 13.5 Å². The number of imidazole rings is 1. The average molecular weight is 229 g/mol. The lowest BCUT2D eigenvalue weighted by atomic mass is 10.5. The van der Waals surface area contributed by atoms with Crippen LogP contribution in [0, 0.1) is 6.92 Å². The van der Waals surface area contributed by atoms with Gasteiger partial charge in [0.2, 0.25) is 5.95 Å². The fourth-order valence-corrected chi connectivity index (χ4v) is 2.13. The van der Waals surface area contributed by atoms with E-state index in [2.05, 4.69) is 9.97 Å². The smallest absolute Gasteiger partial charge is 0.200 e. The van der Waals surface area contributed by atoms with Crippen LogP contribution in [0.4, 0.5) is 5.95 Å². The number of hydrogen-bond donors (Lipinski definition) is 1. The van der Waals surface area contributed by atoms with Crippen molar-refractivity contribution in [3.05, 3.63) is 27.4 Å². The molecule has 0 aliphatic carbocycles. The Morgan fingerprint density at radius 3 is 2.79 bits per heavy atom. The number of nitrogens with zero attached hydrogens (tertiary/aromatic N) is 3. The van der Waals surface area contributed by atoms with Crippen molar-refractivity contribution in [1.29, 1.82) is 0 Å². The minimum atomic E-state index is 0.508. The summed E-state index contributed by atoms with van der Waals surface area (Å²) in [6.45, 7) is 2.59. The molecule has 2 heterocycles. The number of aromatic nitrogens is 3. The summed E-state index contributed by atoms with van der Waals surface area (Å²) >= 11 is 7.23. The molecule has 0 saturated heterocycles. The van der Waals surface area contributed by atoms with Crippen LogP contribution in [-0.4, -0.2) is 14.5 Å². The van der Waals surface area contributed by atoms with E-state index in [4.69, 9.17) is 17.3 Å². The molecule has 2 rings (SSSR count). The molecule has 0 bridgehead atoms. The van der Waals surface area contributed by atoms with Crippen molar-refractivity contribution < 1.29 is 0 Å². The van der Waals surface area contributed by atoms with Crippen molar-refractivity contribution in [2.24, 2.45) is 0 Å². The second-order valence-electron chi connectivity index (χ2n) is 2.90. The van der Waals surface area contributed by atoms with Crippen LogP contribution in [0.1, 0.15) is 10.7 Å². The lowest BCUT2D eigenvalue weighted by molar-refractivity contribution is 0.777. The largest absolute Gasteiger partial charge is 0.369 e. The van der Waals surface area contributed by atoms with Crippen LogP contribution in [0.3, 0.4) is 0 Å². The van der Waals surface area contributed by atoms with Gasteiger partial charge in [0.25, 0.3) is 0 Å². The van der Waals surface area contributed by atoms with E-state index in [1.54, 1.807) is 12.4 Å².